The minimum absolute atomic E-state index is 0.147. The van der Waals surface area contributed by atoms with E-state index in [1.807, 2.05) is 0 Å². The quantitative estimate of drug-likeness (QED) is 0.492. The van der Waals surface area contributed by atoms with E-state index < -0.39 is 18.0 Å². The highest BCUT2D eigenvalue weighted by molar-refractivity contribution is 5.95. The van der Waals surface area contributed by atoms with Crippen LogP contribution < -0.4 is 9.75 Å². The van der Waals surface area contributed by atoms with Crippen molar-refractivity contribution in [2.24, 2.45) is 5.10 Å². The zero-order valence-electron chi connectivity index (χ0n) is 15.9. The Morgan fingerprint density at radius 1 is 0.839 bits per heavy atom. The van der Waals surface area contributed by atoms with Crippen LogP contribution in [0.1, 0.15) is 5.56 Å². The van der Waals surface area contributed by atoms with E-state index in [9.17, 15) is 22.0 Å². The van der Waals surface area contributed by atoms with Crippen LogP contribution in [0, 0.1) is 11.6 Å². The van der Waals surface area contributed by atoms with Gasteiger partial charge in [0.05, 0.1) is 12.2 Å². The number of anilines is 1. The summed E-state index contributed by atoms with van der Waals surface area (Å²) in [6.45, 7) is 0.567. The molecule has 9 heteroatoms. The van der Waals surface area contributed by atoms with Crippen molar-refractivity contribution < 1.29 is 31.4 Å². The van der Waals surface area contributed by atoms with Crippen LogP contribution in [-0.2, 0) is 4.74 Å². The molecule has 3 aromatic carbocycles. The molecule has 1 aliphatic heterocycles. The van der Waals surface area contributed by atoms with Gasteiger partial charge in [0, 0.05) is 0 Å². The smallest absolute Gasteiger partial charge is 0.474 e. The van der Waals surface area contributed by atoms with Gasteiger partial charge in [0.1, 0.15) is 29.6 Å². The molecule has 1 heterocycles. The van der Waals surface area contributed by atoms with E-state index >= 15 is 0 Å². The fourth-order valence-corrected chi connectivity index (χ4v) is 3.10. The maximum atomic E-state index is 14.0. The molecular formula is C22H15F5N2O2. The van der Waals surface area contributed by atoms with Gasteiger partial charge in [-0.05, 0) is 47.5 Å². The molecule has 0 unspecified atom stereocenters. The molecule has 0 spiro atoms. The van der Waals surface area contributed by atoms with Crippen molar-refractivity contribution in [3.63, 3.8) is 0 Å². The lowest BCUT2D eigenvalue weighted by molar-refractivity contribution is -0.274. The predicted octanol–water partition coefficient (Wildman–Crippen LogP) is 5.73. The number of alkyl halides is 3. The van der Waals surface area contributed by atoms with Gasteiger partial charge in [0.2, 0.25) is 5.90 Å². The summed E-state index contributed by atoms with van der Waals surface area (Å²) in [5.41, 5.74) is 1.80. The lowest BCUT2D eigenvalue weighted by Crippen LogP contribution is -2.32. The van der Waals surface area contributed by atoms with Gasteiger partial charge in [-0.1, -0.05) is 30.3 Å². The number of rotatable bonds is 4. The molecule has 0 radical (unpaired) electrons. The second-order valence-electron chi connectivity index (χ2n) is 6.59. The van der Waals surface area contributed by atoms with Crippen molar-refractivity contribution >= 4 is 11.6 Å². The first-order valence-corrected chi connectivity index (χ1v) is 9.20. The van der Waals surface area contributed by atoms with Gasteiger partial charge < -0.3 is 9.47 Å². The number of hydrogen-bond acceptors (Lipinski definition) is 4. The normalized spacial score (nSPS) is 14.1. The van der Waals surface area contributed by atoms with E-state index in [0.717, 1.165) is 17.7 Å². The third-order valence-corrected chi connectivity index (χ3v) is 4.52. The Hall–Kier alpha value is -3.62. The van der Waals surface area contributed by atoms with Crippen LogP contribution in [0.2, 0.25) is 0 Å². The summed E-state index contributed by atoms with van der Waals surface area (Å²) in [5.74, 6) is -1.99. The Labute approximate surface area is 174 Å². The third-order valence-electron chi connectivity index (χ3n) is 4.52. The molecule has 0 atom stereocenters. The standard InChI is InChI=1S/C22H15F5N2O2/c23-18-2-1-3-19(24)20(18)21-28-29(12-13-30-21)16-8-4-14(5-9-16)15-6-10-17(11-7-15)31-22(25,26)27/h1-11H,12-13H2. The highest BCUT2D eigenvalue weighted by Gasteiger charge is 2.31. The van der Waals surface area contributed by atoms with Gasteiger partial charge in [-0.25, -0.2) is 8.78 Å². The van der Waals surface area contributed by atoms with Crippen molar-refractivity contribution in [1.29, 1.82) is 0 Å². The molecule has 31 heavy (non-hydrogen) atoms. The number of benzene rings is 3. The molecule has 0 saturated heterocycles. The second-order valence-corrected chi connectivity index (χ2v) is 6.59. The molecule has 160 valence electrons. The Balaban J connectivity index is 1.54. The largest absolute Gasteiger partial charge is 0.573 e. The number of halogens is 5. The summed E-state index contributed by atoms with van der Waals surface area (Å²) in [6, 6.07) is 16.0. The molecule has 1 aliphatic rings. The molecule has 4 rings (SSSR count). The topological polar surface area (TPSA) is 34.1 Å². The second kappa shape index (κ2) is 8.25. The number of hydrogen-bond donors (Lipinski definition) is 0. The van der Waals surface area contributed by atoms with E-state index in [2.05, 4.69) is 9.84 Å². The van der Waals surface area contributed by atoms with Crippen molar-refractivity contribution in [3.05, 3.63) is 83.9 Å². The van der Waals surface area contributed by atoms with E-state index in [1.165, 1.54) is 30.3 Å². The Morgan fingerprint density at radius 3 is 2.00 bits per heavy atom. The molecule has 0 saturated carbocycles. The Morgan fingerprint density at radius 2 is 1.42 bits per heavy atom. The van der Waals surface area contributed by atoms with E-state index in [0.29, 0.717) is 17.8 Å². The van der Waals surface area contributed by atoms with Gasteiger partial charge in [0.15, 0.2) is 0 Å². The first kappa shape index (κ1) is 20.6. The molecule has 3 aromatic rings. The Bertz CT molecular complexity index is 1080. The average molecular weight is 434 g/mol. The van der Waals surface area contributed by atoms with E-state index in [1.54, 1.807) is 29.3 Å². The monoisotopic (exact) mass is 434 g/mol. The first-order chi connectivity index (χ1) is 14.8. The van der Waals surface area contributed by atoms with Crippen LogP contribution in [0.5, 0.6) is 5.75 Å². The lowest BCUT2D eigenvalue weighted by atomic mass is 10.1. The molecule has 4 nitrogen and oxygen atoms in total. The molecule has 0 amide bonds. The SMILES string of the molecule is Fc1cccc(F)c1C1=NN(c2ccc(-c3ccc(OC(F)(F)F)cc3)cc2)CCO1. The zero-order chi connectivity index (χ0) is 22.0. The fourth-order valence-electron chi connectivity index (χ4n) is 3.10. The minimum Gasteiger partial charge on any atom is -0.474 e. The van der Waals surface area contributed by atoms with Crippen LogP contribution in [0.25, 0.3) is 11.1 Å². The van der Waals surface area contributed by atoms with Crippen molar-refractivity contribution in [2.45, 2.75) is 6.36 Å². The van der Waals surface area contributed by atoms with Gasteiger partial charge in [0.25, 0.3) is 0 Å². The number of hydrazone groups is 1. The third kappa shape index (κ3) is 4.76. The molecular weight excluding hydrogens is 419 g/mol. The molecule has 0 aliphatic carbocycles. The predicted molar refractivity (Wildman–Crippen MR) is 105 cm³/mol. The van der Waals surface area contributed by atoms with Crippen molar-refractivity contribution in [1.82, 2.24) is 0 Å². The summed E-state index contributed by atoms with van der Waals surface area (Å²) in [5, 5.41) is 5.78. The highest BCUT2D eigenvalue weighted by Crippen LogP contribution is 2.28. The summed E-state index contributed by atoms with van der Waals surface area (Å²) >= 11 is 0. The van der Waals surface area contributed by atoms with Crippen LogP contribution in [-0.4, -0.2) is 25.4 Å². The maximum absolute atomic E-state index is 14.0. The summed E-state index contributed by atoms with van der Waals surface area (Å²) < 4.78 is 74.1. The molecule has 0 N–H and O–H groups in total. The first-order valence-electron chi connectivity index (χ1n) is 9.20. The van der Waals surface area contributed by atoms with Gasteiger partial charge in [-0.15, -0.1) is 18.3 Å². The van der Waals surface area contributed by atoms with E-state index in [-0.39, 0.29) is 23.8 Å². The summed E-state index contributed by atoms with van der Waals surface area (Å²) in [7, 11) is 0. The lowest BCUT2D eigenvalue weighted by Gasteiger charge is -2.26. The maximum Gasteiger partial charge on any atom is 0.573 e. The van der Waals surface area contributed by atoms with Gasteiger partial charge in [-0.3, -0.25) is 5.01 Å². The number of ether oxygens (including phenoxy) is 2. The van der Waals surface area contributed by atoms with E-state index in [4.69, 9.17) is 4.74 Å². The van der Waals surface area contributed by atoms with Gasteiger partial charge >= 0.3 is 6.36 Å². The average Bonchev–Trinajstić information content (AvgIpc) is 2.73. The van der Waals surface area contributed by atoms with Gasteiger partial charge in [-0.2, -0.15) is 0 Å². The van der Waals surface area contributed by atoms with Crippen LogP contribution in [0.3, 0.4) is 0 Å². The number of nitrogens with zero attached hydrogens (tertiary/aromatic N) is 2. The van der Waals surface area contributed by atoms with Crippen LogP contribution in [0.4, 0.5) is 27.6 Å². The molecule has 0 aromatic heterocycles. The van der Waals surface area contributed by atoms with Crippen molar-refractivity contribution in [3.8, 4) is 16.9 Å². The zero-order valence-corrected chi connectivity index (χ0v) is 15.9. The van der Waals surface area contributed by atoms with Crippen LogP contribution in [0.15, 0.2) is 71.8 Å². The van der Waals surface area contributed by atoms with Crippen molar-refractivity contribution in [2.75, 3.05) is 18.2 Å². The fraction of sp³-hybridized carbons (Fsp3) is 0.136. The highest BCUT2D eigenvalue weighted by atomic mass is 19.4. The summed E-state index contributed by atoms with van der Waals surface area (Å²) in [6.07, 6.45) is -4.74. The molecule has 0 bridgehead atoms. The molecule has 0 fully saturated rings. The summed E-state index contributed by atoms with van der Waals surface area (Å²) in [4.78, 5) is 0. The van der Waals surface area contributed by atoms with Crippen LogP contribution >= 0.6 is 0 Å². The Kier molecular flexibility index (Phi) is 5.50. The minimum atomic E-state index is -4.74.